The molecule has 0 amide bonds. The van der Waals surface area contributed by atoms with Crippen LogP contribution in [0.4, 0.5) is 0 Å². The summed E-state index contributed by atoms with van der Waals surface area (Å²) < 4.78 is 2.34. The van der Waals surface area contributed by atoms with Gasteiger partial charge in [-0.05, 0) is 58.7 Å². The highest BCUT2D eigenvalue weighted by atomic mass is 15.0. The lowest BCUT2D eigenvalue weighted by Crippen LogP contribution is -2.05. The molecule has 148 valence electrons. The van der Waals surface area contributed by atoms with Gasteiger partial charge in [-0.3, -0.25) is 0 Å². The van der Waals surface area contributed by atoms with Crippen molar-refractivity contribution in [1.29, 1.82) is 0 Å². The first-order valence-corrected chi connectivity index (χ1v) is 10.8. The molecule has 0 bridgehead atoms. The lowest BCUT2D eigenvalue weighted by molar-refractivity contribution is 1.18. The maximum Gasteiger partial charge on any atom is 0.114 e. The minimum atomic E-state index is 0.797. The second-order valence-electron chi connectivity index (χ2n) is 8.09. The zero-order valence-electron chi connectivity index (χ0n) is 17.6. The highest BCUT2D eigenvalue weighted by Gasteiger charge is 2.13. The van der Waals surface area contributed by atoms with Crippen molar-refractivity contribution in [2.75, 3.05) is 0 Å². The number of aromatic nitrogens is 1. The van der Waals surface area contributed by atoms with E-state index in [1.807, 2.05) is 18.2 Å². The predicted molar refractivity (Wildman–Crippen MR) is 137 cm³/mol. The van der Waals surface area contributed by atoms with Gasteiger partial charge in [0, 0.05) is 16.5 Å². The van der Waals surface area contributed by atoms with Crippen LogP contribution < -0.4 is 5.46 Å². The molecular weight excluding hydrogens is 385 g/mol. The van der Waals surface area contributed by atoms with E-state index in [4.69, 9.17) is 7.85 Å². The molecule has 0 unspecified atom stereocenters. The molecular formula is C30H20BN. The SMILES string of the molecule is [B]c1ccccc1-c1cccc(-c2ccc3c(c2)c2ccccc2n3-c2ccccc2)c1. The summed E-state index contributed by atoms with van der Waals surface area (Å²) in [7, 11) is 6.23. The molecule has 2 heteroatoms. The van der Waals surface area contributed by atoms with E-state index in [0.29, 0.717) is 0 Å². The van der Waals surface area contributed by atoms with Gasteiger partial charge in [-0.25, -0.2) is 0 Å². The maximum atomic E-state index is 6.23. The van der Waals surface area contributed by atoms with Gasteiger partial charge in [0.15, 0.2) is 0 Å². The van der Waals surface area contributed by atoms with Crippen LogP contribution in [0.5, 0.6) is 0 Å². The standard InChI is InChI=1S/C30H20BN/c31-28-15-6-4-13-25(28)23-10-8-9-21(19-23)22-17-18-30-27(20-22)26-14-5-7-16-29(26)32(30)24-11-2-1-3-12-24/h1-20H. The van der Waals surface area contributed by atoms with Crippen LogP contribution in [0.25, 0.3) is 49.7 Å². The van der Waals surface area contributed by atoms with E-state index >= 15 is 0 Å². The molecule has 0 fully saturated rings. The number of benzene rings is 5. The molecule has 0 spiro atoms. The van der Waals surface area contributed by atoms with E-state index in [0.717, 1.165) is 16.6 Å². The Morgan fingerprint density at radius 1 is 0.469 bits per heavy atom. The van der Waals surface area contributed by atoms with Gasteiger partial charge in [0.05, 0.1) is 11.0 Å². The van der Waals surface area contributed by atoms with E-state index in [2.05, 4.69) is 108 Å². The summed E-state index contributed by atoms with van der Waals surface area (Å²) in [5, 5.41) is 2.52. The summed E-state index contributed by atoms with van der Waals surface area (Å²) in [6, 6.07) is 42.6. The average molecular weight is 405 g/mol. The van der Waals surface area contributed by atoms with Crippen LogP contribution >= 0.6 is 0 Å². The maximum absolute atomic E-state index is 6.23. The summed E-state index contributed by atoms with van der Waals surface area (Å²) in [5.74, 6) is 0. The first-order valence-electron chi connectivity index (χ1n) is 10.8. The lowest BCUT2D eigenvalue weighted by atomic mass is 9.86. The zero-order valence-corrected chi connectivity index (χ0v) is 17.6. The second kappa shape index (κ2) is 7.58. The van der Waals surface area contributed by atoms with Crippen molar-refractivity contribution in [2.24, 2.45) is 0 Å². The summed E-state index contributed by atoms with van der Waals surface area (Å²) in [6.45, 7) is 0. The third-order valence-corrected chi connectivity index (χ3v) is 6.15. The van der Waals surface area contributed by atoms with Crippen molar-refractivity contribution in [2.45, 2.75) is 0 Å². The molecule has 1 heterocycles. The topological polar surface area (TPSA) is 4.93 Å². The highest BCUT2D eigenvalue weighted by Crippen LogP contribution is 2.35. The summed E-state index contributed by atoms with van der Waals surface area (Å²) in [4.78, 5) is 0. The van der Waals surface area contributed by atoms with Gasteiger partial charge in [0.25, 0.3) is 0 Å². The number of nitrogens with zero attached hydrogens (tertiary/aromatic N) is 1. The Bertz CT molecular complexity index is 1580. The quantitative estimate of drug-likeness (QED) is 0.282. The van der Waals surface area contributed by atoms with Gasteiger partial charge in [0.2, 0.25) is 0 Å². The molecule has 0 aliphatic heterocycles. The number of rotatable bonds is 3. The number of hydrogen-bond acceptors (Lipinski definition) is 0. The van der Waals surface area contributed by atoms with Gasteiger partial charge < -0.3 is 4.57 Å². The molecule has 5 aromatic carbocycles. The van der Waals surface area contributed by atoms with Crippen LogP contribution in [0.2, 0.25) is 0 Å². The molecule has 0 saturated heterocycles. The zero-order chi connectivity index (χ0) is 21.5. The van der Waals surface area contributed by atoms with Crippen LogP contribution in [0, 0.1) is 0 Å². The van der Waals surface area contributed by atoms with E-state index < -0.39 is 0 Å². The molecule has 1 nitrogen and oxygen atoms in total. The van der Waals surface area contributed by atoms with Crippen molar-refractivity contribution in [3.63, 3.8) is 0 Å². The van der Waals surface area contributed by atoms with Crippen LogP contribution in [0.1, 0.15) is 0 Å². The van der Waals surface area contributed by atoms with Gasteiger partial charge in [0.1, 0.15) is 7.85 Å². The Morgan fingerprint density at radius 3 is 2.03 bits per heavy atom. The van der Waals surface area contributed by atoms with Crippen molar-refractivity contribution < 1.29 is 0 Å². The van der Waals surface area contributed by atoms with Gasteiger partial charge >= 0.3 is 0 Å². The van der Waals surface area contributed by atoms with E-state index in [1.165, 1.54) is 38.6 Å². The summed E-state index contributed by atoms with van der Waals surface area (Å²) in [6.07, 6.45) is 0. The van der Waals surface area contributed by atoms with Crippen LogP contribution in [-0.4, -0.2) is 12.4 Å². The predicted octanol–water partition coefficient (Wildman–Crippen LogP) is 6.91. The van der Waals surface area contributed by atoms with Gasteiger partial charge in [-0.1, -0.05) is 90.4 Å². The fourth-order valence-electron chi connectivity index (χ4n) is 4.63. The Hall–Kier alpha value is -4.04. The Labute approximate surface area is 189 Å². The van der Waals surface area contributed by atoms with E-state index in [-0.39, 0.29) is 0 Å². The first-order chi connectivity index (χ1) is 15.8. The number of fused-ring (bicyclic) bond motifs is 3. The normalized spacial score (nSPS) is 11.2. The Balaban J connectivity index is 1.55. The van der Waals surface area contributed by atoms with Crippen molar-refractivity contribution in [1.82, 2.24) is 4.57 Å². The minimum Gasteiger partial charge on any atom is -0.309 e. The molecule has 0 N–H and O–H groups in total. The monoisotopic (exact) mass is 405 g/mol. The number of para-hydroxylation sites is 2. The highest BCUT2D eigenvalue weighted by molar-refractivity contribution is 6.35. The lowest BCUT2D eigenvalue weighted by Gasteiger charge is -2.10. The average Bonchev–Trinajstić information content (AvgIpc) is 3.19. The van der Waals surface area contributed by atoms with Crippen LogP contribution in [0.15, 0.2) is 121 Å². The van der Waals surface area contributed by atoms with E-state index in [9.17, 15) is 0 Å². The largest absolute Gasteiger partial charge is 0.309 e. The molecule has 0 aliphatic rings. The Morgan fingerprint density at radius 2 is 1.16 bits per heavy atom. The summed E-state index contributed by atoms with van der Waals surface area (Å²) in [5.41, 5.74) is 8.98. The van der Waals surface area contributed by atoms with Gasteiger partial charge in [-0.2, -0.15) is 0 Å². The number of hydrogen-bond donors (Lipinski definition) is 0. The first kappa shape index (κ1) is 18.7. The van der Waals surface area contributed by atoms with E-state index in [1.54, 1.807) is 0 Å². The Kier molecular flexibility index (Phi) is 4.43. The fraction of sp³-hybridized carbons (Fsp3) is 0. The minimum absolute atomic E-state index is 0.797. The third-order valence-electron chi connectivity index (χ3n) is 6.15. The third kappa shape index (κ3) is 3.04. The van der Waals surface area contributed by atoms with Crippen molar-refractivity contribution in [3.8, 4) is 27.9 Å². The molecule has 0 aliphatic carbocycles. The second-order valence-corrected chi connectivity index (χ2v) is 8.09. The molecule has 0 saturated carbocycles. The molecule has 2 radical (unpaired) electrons. The van der Waals surface area contributed by atoms with Crippen molar-refractivity contribution in [3.05, 3.63) is 121 Å². The molecule has 6 rings (SSSR count). The summed E-state index contributed by atoms with van der Waals surface area (Å²) >= 11 is 0. The molecule has 1 aromatic heterocycles. The van der Waals surface area contributed by atoms with Crippen LogP contribution in [-0.2, 0) is 0 Å². The molecule has 0 atom stereocenters. The molecule has 32 heavy (non-hydrogen) atoms. The van der Waals surface area contributed by atoms with Gasteiger partial charge in [-0.15, -0.1) is 0 Å². The van der Waals surface area contributed by atoms with Crippen LogP contribution in [0.3, 0.4) is 0 Å². The fourth-order valence-corrected chi connectivity index (χ4v) is 4.63. The molecule has 6 aromatic rings. The smallest absolute Gasteiger partial charge is 0.114 e. The van der Waals surface area contributed by atoms with Crippen molar-refractivity contribution >= 4 is 35.1 Å².